The van der Waals surface area contributed by atoms with Gasteiger partial charge in [-0.1, -0.05) is 504 Å². The van der Waals surface area contributed by atoms with Gasteiger partial charge in [0.25, 0.3) is 5.91 Å². The van der Waals surface area contributed by atoms with Crippen LogP contribution in [0, 0.1) is 0 Å². The largest absolute Gasteiger partial charge is 0.490 e. The van der Waals surface area contributed by atoms with E-state index < -0.39 is 0 Å². The average Bonchev–Trinajstić information content (AvgIpc) is 0.807. The molecule has 0 atom stereocenters. The van der Waals surface area contributed by atoms with E-state index in [0.29, 0.717) is 85.4 Å². The first kappa shape index (κ1) is 104. The summed E-state index contributed by atoms with van der Waals surface area (Å²) in [6, 6.07) is 7.85. The first-order chi connectivity index (χ1) is 55.0. The molecule has 0 aliphatic carbocycles. The number of rotatable bonds is 92. The smallest absolute Gasteiger partial charge is 0.255 e. The quantitative estimate of drug-likeness (QED) is 0.0661. The Morgan fingerprint density at radius 1 is 0.189 bits per heavy atom. The monoisotopic (exact) mass is 1550 g/mol. The number of nitrogens with one attached hydrogen (secondary N) is 1. The Bertz CT molecular complexity index is 2110. The van der Waals surface area contributed by atoms with Crippen molar-refractivity contribution in [2.45, 2.75) is 542 Å². The fourth-order valence-electron chi connectivity index (χ4n) is 16.1. The van der Waals surface area contributed by atoms with Crippen LogP contribution in [0.25, 0.3) is 0 Å². The van der Waals surface area contributed by atoms with Crippen molar-refractivity contribution in [2.24, 2.45) is 0 Å². The second-order valence-electron chi connectivity index (χ2n) is 34.6. The molecule has 0 radical (unpaired) electrons. The van der Waals surface area contributed by atoms with E-state index in [1.807, 2.05) is 24.3 Å². The van der Waals surface area contributed by atoms with Crippen LogP contribution in [-0.2, 0) is 0 Å². The lowest BCUT2D eigenvalue weighted by Gasteiger charge is -2.20. The molecule has 2 aromatic rings. The topological polar surface area (TPSA) is 84.5 Å². The van der Waals surface area contributed by atoms with Gasteiger partial charge in [-0.2, -0.15) is 0 Å². The van der Waals surface area contributed by atoms with Crippen LogP contribution in [0.1, 0.15) is 553 Å². The highest BCUT2D eigenvalue weighted by Crippen LogP contribution is 2.43. The van der Waals surface area contributed by atoms with Crippen molar-refractivity contribution < 1.29 is 33.2 Å². The Labute approximate surface area is 692 Å². The maximum Gasteiger partial charge on any atom is 0.255 e. The van der Waals surface area contributed by atoms with Gasteiger partial charge in [0.15, 0.2) is 23.0 Å². The third-order valence-corrected chi connectivity index (χ3v) is 23.6. The standard InChI is InChI=1S/C103H191NO7/c1-7-13-19-25-31-37-43-46-49-52-55-58-64-69-73-79-85-106-97-91-95(92-98(107-86-80-74-70-65-59-56-53-50-47-44-38-32-26-20-14-8-2)101(97)110-89-83-77-72-66-60-57-54-51-48-45-39-33-27-21-15-9-3)103(105)104-96-93-99(108-87-81-75-67-61-40-34-28-22-16-10-4)102(111-90-84-78-71-63-42-36-30-24-18-12-6)100(94-96)109-88-82-76-68-62-41-35-29-23-17-11-5/h91-94H,7-90H2,1-6H3,(H,104,105). The highest BCUT2D eigenvalue weighted by atomic mass is 16.5. The Hall–Kier alpha value is -3.29. The Kier molecular flexibility index (Phi) is 79.1. The zero-order valence-electron chi connectivity index (χ0n) is 75.6. The third-order valence-electron chi connectivity index (χ3n) is 23.6. The fourth-order valence-corrected chi connectivity index (χ4v) is 16.1. The molecule has 0 bridgehead atoms. The molecule has 0 aliphatic heterocycles. The van der Waals surface area contributed by atoms with Crippen molar-refractivity contribution in [2.75, 3.05) is 45.0 Å². The van der Waals surface area contributed by atoms with Gasteiger partial charge >= 0.3 is 0 Å². The number of anilines is 1. The van der Waals surface area contributed by atoms with Gasteiger partial charge in [-0.25, -0.2) is 0 Å². The van der Waals surface area contributed by atoms with Gasteiger partial charge in [0, 0.05) is 23.4 Å². The van der Waals surface area contributed by atoms with Crippen LogP contribution in [-0.4, -0.2) is 45.5 Å². The van der Waals surface area contributed by atoms with Crippen LogP contribution in [0.4, 0.5) is 5.69 Å². The number of carbonyl (C=O) groups is 1. The summed E-state index contributed by atoms with van der Waals surface area (Å²) in [6.07, 6.45) is 102. The predicted molar refractivity (Wildman–Crippen MR) is 488 cm³/mol. The highest BCUT2D eigenvalue weighted by molar-refractivity contribution is 6.05. The van der Waals surface area contributed by atoms with Gasteiger partial charge in [-0.15, -0.1) is 0 Å². The van der Waals surface area contributed by atoms with Gasteiger partial charge in [0.05, 0.1) is 39.6 Å². The number of carbonyl (C=O) groups excluding carboxylic acids is 1. The van der Waals surface area contributed by atoms with Crippen molar-refractivity contribution >= 4 is 11.6 Å². The molecular weight excluding hydrogens is 1360 g/mol. The molecule has 111 heavy (non-hydrogen) atoms. The molecule has 8 heteroatoms. The maximum absolute atomic E-state index is 15.3. The van der Waals surface area contributed by atoms with Crippen molar-refractivity contribution in [1.29, 1.82) is 0 Å². The van der Waals surface area contributed by atoms with Gasteiger partial charge < -0.3 is 33.7 Å². The molecule has 0 saturated carbocycles. The molecular formula is C103H191NO7. The van der Waals surface area contributed by atoms with Crippen molar-refractivity contribution in [3.05, 3.63) is 29.8 Å². The van der Waals surface area contributed by atoms with E-state index in [9.17, 15) is 0 Å². The van der Waals surface area contributed by atoms with E-state index >= 15 is 4.79 Å². The zero-order chi connectivity index (χ0) is 79.4. The molecule has 0 aliphatic rings. The van der Waals surface area contributed by atoms with E-state index in [1.54, 1.807) is 0 Å². The molecule has 0 fully saturated rings. The van der Waals surface area contributed by atoms with Gasteiger partial charge in [-0.05, 0) is 50.7 Å². The molecule has 1 N–H and O–H groups in total. The zero-order valence-corrected chi connectivity index (χ0v) is 75.6. The highest BCUT2D eigenvalue weighted by Gasteiger charge is 2.23. The first-order valence-corrected chi connectivity index (χ1v) is 50.5. The summed E-state index contributed by atoms with van der Waals surface area (Å²) in [5.41, 5.74) is 1.13. The molecule has 2 aromatic carbocycles. The molecule has 0 aromatic heterocycles. The van der Waals surface area contributed by atoms with Gasteiger partial charge in [0.1, 0.15) is 0 Å². The van der Waals surface area contributed by atoms with Crippen LogP contribution in [0.2, 0.25) is 0 Å². The Balaban J connectivity index is 2.47. The SMILES string of the molecule is CCCCCCCCCCCCCCCCCCOc1cc(C(=O)Nc2cc(OCCCCCCCCCCCC)c(OCCCCCCCCCCCC)c(OCCCCCCCCCCCC)c2)cc(OCCCCCCCCCCCCCCCCCC)c1OCCCCCCCCCCCCCCCCCC. The van der Waals surface area contributed by atoms with Gasteiger partial charge in [0.2, 0.25) is 11.5 Å². The molecule has 0 spiro atoms. The van der Waals surface area contributed by atoms with Crippen molar-refractivity contribution in [1.82, 2.24) is 0 Å². The lowest BCUT2D eigenvalue weighted by atomic mass is 10.0. The fraction of sp³-hybridized carbons (Fsp3) is 0.874. The predicted octanol–water partition coefficient (Wildman–Crippen LogP) is 35.8. The number of hydrogen-bond donors (Lipinski definition) is 1. The number of amides is 1. The molecule has 1 amide bonds. The minimum absolute atomic E-state index is 0.223. The average molecular weight is 1560 g/mol. The maximum atomic E-state index is 15.3. The second kappa shape index (κ2) is 84.6. The second-order valence-corrected chi connectivity index (χ2v) is 34.6. The minimum atomic E-state index is -0.223. The Morgan fingerprint density at radius 3 is 0.486 bits per heavy atom. The molecule has 8 nitrogen and oxygen atoms in total. The van der Waals surface area contributed by atoms with E-state index in [4.69, 9.17) is 28.4 Å². The lowest BCUT2D eigenvalue weighted by molar-refractivity contribution is 0.102. The van der Waals surface area contributed by atoms with Crippen molar-refractivity contribution in [3.63, 3.8) is 0 Å². The van der Waals surface area contributed by atoms with E-state index in [-0.39, 0.29) is 5.91 Å². The lowest BCUT2D eigenvalue weighted by Crippen LogP contribution is -2.15. The van der Waals surface area contributed by atoms with Crippen LogP contribution in [0.3, 0.4) is 0 Å². The van der Waals surface area contributed by atoms with Crippen LogP contribution in [0.15, 0.2) is 24.3 Å². The molecule has 650 valence electrons. The summed E-state index contributed by atoms with van der Waals surface area (Å²) in [6.45, 7) is 17.3. The Morgan fingerprint density at radius 2 is 0.324 bits per heavy atom. The van der Waals surface area contributed by atoms with E-state index in [0.717, 1.165) is 77.0 Å². The summed E-state index contributed by atoms with van der Waals surface area (Å²) in [7, 11) is 0. The molecule has 0 unspecified atom stereocenters. The van der Waals surface area contributed by atoms with Crippen LogP contribution < -0.4 is 33.7 Å². The first-order valence-electron chi connectivity index (χ1n) is 50.5. The van der Waals surface area contributed by atoms with Crippen LogP contribution >= 0.6 is 0 Å². The number of benzene rings is 2. The van der Waals surface area contributed by atoms with Crippen molar-refractivity contribution in [3.8, 4) is 34.5 Å². The summed E-state index contributed by atoms with van der Waals surface area (Å²) in [4.78, 5) is 15.3. The number of hydrogen-bond acceptors (Lipinski definition) is 7. The number of ether oxygens (including phenoxy) is 6. The van der Waals surface area contributed by atoms with Gasteiger partial charge in [-0.3, -0.25) is 4.79 Å². The summed E-state index contributed by atoms with van der Waals surface area (Å²) in [5, 5.41) is 3.39. The van der Waals surface area contributed by atoms with E-state index in [2.05, 4.69) is 46.9 Å². The summed E-state index contributed by atoms with van der Waals surface area (Å²) in [5.74, 6) is 3.62. The molecule has 0 saturated heterocycles. The minimum Gasteiger partial charge on any atom is -0.490 e. The number of unbranched alkanes of at least 4 members (excludes halogenated alkanes) is 72. The summed E-state index contributed by atoms with van der Waals surface area (Å²) < 4.78 is 41.1. The molecule has 0 heterocycles. The van der Waals surface area contributed by atoms with E-state index in [1.165, 1.54) is 424 Å². The third kappa shape index (κ3) is 66.4. The normalized spacial score (nSPS) is 11.5. The molecule has 2 rings (SSSR count). The van der Waals surface area contributed by atoms with Crippen LogP contribution in [0.5, 0.6) is 34.5 Å². The summed E-state index contributed by atoms with van der Waals surface area (Å²) >= 11 is 0.